The summed E-state index contributed by atoms with van der Waals surface area (Å²) in [5.74, 6) is 0.224. The van der Waals surface area contributed by atoms with E-state index >= 15 is 0 Å². The first-order valence-electron chi connectivity index (χ1n) is 11.4. The highest BCUT2D eigenvalue weighted by molar-refractivity contribution is 5.94. The molecule has 2 N–H and O–H groups in total. The predicted octanol–water partition coefficient (Wildman–Crippen LogP) is 5.25. The zero-order valence-corrected chi connectivity index (χ0v) is 20.2. The number of aliphatic imine (C=N–C) groups is 1. The summed E-state index contributed by atoms with van der Waals surface area (Å²) in [4.78, 5) is 23.3. The third kappa shape index (κ3) is 4.56. The fourth-order valence-corrected chi connectivity index (χ4v) is 4.15. The van der Waals surface area contributed by atoms with Crippen molar-refractivity contribution >= 4 is 34.5 Å². The van der Waals surface area contributed by atoms with E-state index in [1.807, 2.05) is 45.3 Å². The summed E-state index contributed by atoms with van der Waals surface area (Å²) in [6.07, 6.45) is 5.48. The van der Waals surface area contributed by atoms with Crippen molar-refractivity contribution in [2.24, 2.45) is 4.99 Å². The molecule has 0 fully saturated rings. The van der Waals surface area contributed by atoms with Crippen LogP contribution in [0.15, 0.2) is 71.5 Å². The van der Waals surface area contributed by atoms with Gasteiger partial charge in [-0.25, -0.2) is 19.3 Å². The average Bonchev–Trinajstić information content (AvgIpc) is 3.47. The van der Waals surface area contributed by atoms with Gasteiger partial charge in [0.05, 0.1) is 11.2 Å². The zero-order valence-electron chi connectivity index (χ0n) is 20.2. The smallest absolute Gasteiger partial charge is 0.162 e. The van der Waals surface area contributed by atoms with Crippen LogP contribution in [-0.4, -0.2) is 62.4 Å². The fourth-order valence-electron chi connectivity index (χ4n) is 4.15. The molecule has 4 aromatic heterocycles. The number of aromatic nitrogens is 6. The summed E-state index contributed by atoms with van der Waals surface area (Å²) in [6.45, 7) is 6.32. The van der Waals surface area contributed by atoms with Crippen LogP contribution in [0.1, 0.15) is 12.6 Å². The topological polar surface area (TPSA) is 98.7 Å². The number of hydrogen-bond acceptors (Lipinski definition) is 6. The molecule has 1 aromatic carbocycles. The molecule has 0 saturated carbocycles. The summed E-state index contributed by atoms with van der Waals surface area (Å²) in [6, 6.07) is 12.2. The van der Waals surface area contributed by atoms with Gasteiger partial charge in [-0.1, -0.05) is 18.2 Å². The maximum Gasteiger partial charge on any atom is 0.162 e. The highest BCUT2D eigenvalue weighted by Crippen LogP contribution is 2.31. The van der Waals surface area contributed by atoms with Gasteiger partial charge in [-0.3, -0.25) is 10.1 Å². The molecule has 0 aliphatic heterocycles. The third-order valence-electron chi connectivity index (χ3n) is 5.71. The van der Waals surface area contributed by atoms with Crippen LogP contribution in [0.2, 0.25) is 0 Å². The first-order valence-corrected chi connectivity index (χ1v) is 11.4. The van der Waals surface area contributed by atoms with Gasteiger partial charge < -0.3 is 9.88 Å². The summed E-state index contributed by atoms with van der Waals surface area (Å²) in [7, 11) is 4.01. The Balaban J connectivity index is 1.58. The van der Waals surface area contributed by atoms with Crippen LogP contribution in [0.25, 0.3) is 50.4 Å². The van der Waals surface area contributed by atoms with Crippen LogP contribution in [0.3, 0.4) is 0 Å². The zero-order chi connectivity index (χ0) is 25.2. The van der Waals surface area contributed by atoms with Crippen LogP contribution >= 0.6 is 0 Å². The Morgan fingerprint density at radius 1 is 1.14 bits per heavy atom. The number of pyridine rings is 2. The Hall–Kier alpha value is -4.50. The van der Waals surface area contributed by atoms with Crippen LogP contribution in [0.4, 0.5) is 4.39 Å². The second-order valence-electron chi connectivity index (χ2n) is 8.77. The molecule has 0 spiro atoms. The molecular weight excluding hydrogens is 455 g/mol. The minimum Gasteiger partial charge on any atom is -0.321 e. The number of aromatic amines is 2. The largest absolute Gasteiger partial charge is 0.321 e. The molecule has 0 amide bonds. The van der Waals surface area contributed by atoms with Crippen LogP contribution in [-0.2, 0) is 0 Å². The van der Waals surface area contributed by atoms with Crippen LogP contribution in [0, 0.1) is 5.82 Å². The predicted molar refractivity (Wildman–Crippen MR) is 142 cm³/mol. The lowest BCUT2D eigenvalue weighted by molar-refractivity contribution is 0.448. The van der Waals surface area contributed by atoms with Crippen molar-refractivity contribution in [3.8, 4) is 22.6 Å². The standard InChI is InChI=1S/C27H25FN8/c1-16(12-17(14-29-2)15-36(3)4)21-8-9-22-24(31-21)25(35-34-22)27-32-23-20(10-11-30-26(23)33-27)18-6-5-7-19(28)13-18/h5-14H,2,15H2,1,3-4H3,(H,34,35)(H,30,32,33)/b16-12+,17-14+. The van der Waals surface area contributed by atoms with E-state index in [4.69, 9.17) is 9.97 Å². The number of hydrogen-bond donors (Lipinski definition) is 2. The number of allylic oxidation sites excluding steroid dienone is 1. The number of fused-ring (bicyclic) bond motifs is 2. The van der Waals surface area contributed by atoms with E-state index in [1.165, 1.54) is 12.1 Å². The van der Waals surface area contributed by atoms with Crippen molar-refractivity contribution < 1.29 is 4.39 Å². The molecule has 0 aliphatic carbocycles. The molecule has 4 heterocycles. The van der Waals surface area contributed by atoms with E-state index in [0.717, 1.165) is 40.0 Å². The van der Waals surface area contributed by atoms with Gasteiger partial charge in [0.15, 0.2) is 17.2 Å². The first kappa shape index (κ1) is 23.3. The SMILES string of the molecule is C=N/C=C(\C=C(/C)c1ccc2[nH]nc(-c3nc4c(-c5cccc(F)c5)ccnc4[nH]3)c2n1)CN(C)C. The fraction of sp³-hybridized carbons (Fsp3) is 0.148. The highest BCUT2D eigenvalue weighted by atomic mass is 19.1. The highest BCUT2D eigenvalue weighted by Gasteiger charge is 2.17. The molecular formula is C27H25FN8. The Bertz CT molecular complexity index is 1640. The number of imidazole rings is 1. The Kier molecular flexibility index (Phi) is 6.22. The summed E-state index contributed by atoms with van der Waals surface area (Å²) < 4.78 is 13.9. The monoisotopic (exact) mass is 480 g/mol. The van der Waals surface area contributed by atoms with Crippen molar-refractivity contribution in [1.82, 2.24) is 35.0 Å². The summed E-state index contributed by atoms with van der Waals surface area (Å²) in [5, 5.41) is 7.51. The van der Waals surface area contributed by atoms with Gasteiger partial charge in [-0.2, -0.15) is 5.10 Å². The second-order valence-corrected chi connectivity index (χ2v) is 8.77. The van der Waals surface area contributed by atoms with Gasteiger partial charge in [0.1, 0.15) is 16.9 Å². The number of nitrogens with one attached hydrogen (secondary N) is 2. The number of benzene rings is 1. The van der Waals surface area contributed by atoms with E-state index in [1.54, 1.807) is 18.5 Å². The Morgan fingerprint density at radius 3 is 2.78 bits per heavy atom. The molecule has 5 rings (SSSR count). The van der Waals surface area contributed by atoms with Crippen LogP contribution < -0.4 is 0 Å². The van der Waals surface area contributed by atoms with E-state index in [2.05, 4.69) is 42.9 Å². The molecule has 0 unspecified atom stereocenters. The van der Waals surface area contributed by atoms with E-state index in [-0.39, 0.29) is 5.82 Å². The van der Waals surface area contributed by atoms with Gasteiger partial charge in [-0.05, 0) is 74.8 Å². The number of H-pyrrole nitrogens is 2. The average molecular weight is 481 g/mol. The molecule has 8 nitrogen and oxygen atoms in total. The minimum absolute atomic E-state index is 0.306. The van der Waals surface area contributed by atoms with E-state index in [9.17, 15) is 4.39 Å². The number of rotatable bonds is 7. The molecule has 5 aromatic rings. The maximum absolute atomic E-state index is 13.9. The van der Waals surface area contributed by atoms with Gasteiger partial charge in [-0.15, -0.1) is 0 Å². The van der Waals surface area contributed by atoms with Gasteiger partial charge in [0, 0.05) is 24.5 Å². The summed E-state index contributed by atoms with van der Waals surface area (Å²) in [5.41, 5.74) is 7.62. The molecule has 0 aliphatic rings. The van der Waals surface area contributed by atoms with Gasteiger partial charge in [0.25, 0.3) is 0 Å². The maximum atomic E-state index is 13.9. The molecule has 180 valence electrons. The second kappa shape index (κ2) is 9.63. The van der Waals surface area contributed by atoms with Crippen molar-refractivity contribution in [3.63, 3.8) is 0 Å². The summed E-state index contributed by atoms with van der Waals surface area (Å²) >= 11 is 0. The van der Waals surface area contributed by atoms with Crippen molar-refractivity contribution in [2.45, 2.75) is 6.92 Å². The molecule has 9 heteroatoms. The van der Waals surface area contributed by atoms with Crippen LogP contribution in [0.5, 0.6) is 0 Å². The molecule has 36 heavy (non-hydrogen) atoms. The van der Waals surface area contributed by atoms with Crippen molar-refractivity contribution in [3.05, 3.63) is 78.0 Å². The number of halogens is 1. The van der Waals surface area contributed by atoms with Gasteiger partial charge >= 0.3 is 0 Å². The third-order valence-corrected chi connectivity index (χ3v) is 5.71. The van der Waals surface area contributed by atoms with E-state index in [0.29, 0.717) is 28.2 Å². The molecule has 0 saturated heterocycles. The lowest BCUT2D eigenvalue weighted by Crippen LogP contribution is -2.14. The Labute approximate surface area is 207 Å². The molecule has 0 atom stereocenters. The van der Waals surface area contributed by atoms with E-state index < -0.39 is 0 Å². The molecule has 0 bridgehead atoms. The van der Waals surface area contributed by atoms with Gasteiger partial charge in [0.2, 0.25) is 0 Å². The minimum atomic E-state index is -0.306. The molecule has 0 radical (unpaired) electrons. The number of nitrogens with zero attached hydrogens (tertiary/aromatic N) is 6. The normalized spacial score (nSPS) is 12.7. The lowest BCUT2D eigenvalue weighted by atomic mass is 10.1. The van der Waals surface area contributed by atoms with Crippen molar-refractivity contribution in [2.75, 3.05) is 20.6 Å². The van der Waals surface area contributed by atoms with Crippen molar-refractivity contribution in [1.29, 1.82) is 0 Å². The number of likely N-dealkylation sites (N-methyl/N-ethyl adjacent to an activating group) is 1. The lowest BCUT2D eigenvalue weighted by Gasteiger charge is -2.11. The first-order chi connectivity index (χ1) is 17.4. The Morgan fingerprint density at radius 2 is 2.00 bits per heavy atom. The quantitative estimate of drug-likeness (QED) is 0.245.